The molecule has 1 saturated heterocycles. The Bertz CT molecular complexity index is 145. The molecule has 1 heterocycles. The minimum absolute atomic E-state index is 0.211. The maximum absolute atomic E-state index is 10.3. The van der Waals surface area contributed by atoms with Crippen LogP contribution in [0.4, 0.5) is 0 Å². The molecule has 1 rings (SSSR count). The van der Waals surface area contributed by atoms with Gasteiger partial charge in [-0.3, -0.25) is 0 Å². The summed E-state index contributed by atoms with van der Waals surface area (Å²) < 4.78 is 0. The van der Waals surface area contributed by atoms with Crippen LogP contribution in [0, 0.1) is 5.92 Å². The normalized spacial score (nSPS) is 30.0. The van der Waals surface area contributed by atoms with Crippen LogP contribution in [-0.4, -0.2) is 29.8 Å². The third-order valence-electron chi connectivity index (χ3n) is 3.37. The molecule has 0 aromatic heterocycles. The fourth-order valence-electron chi connectivity index (χ4n) is 2.29. The van der Waals surface area contributed by atoms with Crippen LogP contribution in [-0.2, 0) is 0 Å². The highest BCUT2D eigenvalue weighted by molar-refractivity contribution is 4.95. The molecule has 3 unspecified atom stereocenters. The van der Waals surface area contributed by atoms with Gasteiger partial charge in [0, 0.05) is 12.0 Å². The highest BCUT2D eigenvalue weighted by atomic mass is 16.3. The van der Waals surface area contributed by atoms with Crippen LogP contribution >= 0.6 is 0 Å². The van der Waals surface area contributed by atoms with Crippen LogP contribution in [0.5, 0.6) is 0 Å². The Hall–Kier alpha value is -0.120. The van der Waals surface area contributed by atoms with Gasteiger partial charge in [-0.2, -0.15) is 0 Å². The summed E-state index contributed by atoms with van der Waals surface area (Å²) in [7, 11) is 0. The molecule has 13 heavy (non-hydrogen) atoms. The van der Waals surface area contributed by atoms with Gasteiger partial charge in [0.15, 0.2) is 0 Å². The molecule has 78 valence electrons. The Morgan fingerprint density at radius 2 is 2.38 bits per heavy atom. The van der Waals surface area contributed by atoms with E-state index in [1.54, 1.807) is 0 Å². The van der Waals surface area contributed by atoms with E-state index in [-0.39, 0.29) is 12.0 Å². The van der Waals surface area contributed by atoms with E-state index in [9.17, 15) is 5.11 Å². The maximum atomic E-state index is 10.3. The summed E-state index contributed by atoms with van der Waals surface area (Å²) in [5.74, 6) is 0.211. The Morgan fingerprint density at radius 1 is 1.69 bits per heavy atom. The van der Waals surface area contributed by atoms with Crippen molar-refractivity contribution >= 4 is 0 Å². The van der Waals surface area contributed by atoms with Crippen molar-refractivity contribution in [3.63, 3.8) is 0 Å². The molecule has 0 aromatic carbocycles. The van der Waals surface area contributed by atoms with Gasteiger partial charge >= 0.3 is 0 Å². The molecule has 0 bridgehead atoms. The second-order valence-electron chi connectivity index (χ2n) is 4.22. The number of hydrogen-bond donors (Lipinski definition) is 3. The van der Waals surface area contributed by atoms with Gasteiger partial charge in [-0.05, 0) is 39.3 Å². The van der Waals surface area contributed by atoms with Crippen molar-refractivity contribution in [1.29, 1.82) is 0 Å². The van der Waals surface area contributed by atoms with Crippen molar-refractivity contribution in [1.82, 2.24) is 5.32 Å². The fourth-order valence-corrected chi connectivity index (χ4v) is 2.29. The lowest BCUT2D eigenvalue weighted by Gasteiger charge is -2.37. The van der Waals surface area contributed by atoms with Gasteiger partial charge in [-0.1, -0.05) is 6.92 Å². The smallest absolute Gasteiger partial charge is 0.0811 e. The lowest BCUT2D eigenvalue weighted by atomic mass is 9.80. The van der Waals surface area contributed by atoms with Crippen LogP contribution in [0.15, 0.2) is 0 Å². The third kappa shape index (κ3) is 2.22. The summed E-state index contributed by atoms with van der Waals surface area (Å²) in [6, 6.07) is 0.237. The number of hydrogen-bond acceptors (Lipinski definition) is 3. The Balaban J connectivity index is 2.60. The highest BCUT2D eigenvalue weighted by Crippen LogP contribution is 2.28. The summed E-state index contributed by atoms with van der Waals surface area (Å²) >= 11 is 0. The minimum Gasteiger partial charge on any atom is -0.388 e. The summed E-state index contributed by atoms with van der Waals surface area (Å²) in [5, 5.41) is 13.7. The second kappa shape index (κ2) is 4.40. The monoisotopic (exact) mass is 186 g/mol. The molecule has 1 aliphatic rings. The van der Waals surface area contributed by atoms with Gasteiger partial charge in [0.25, 0.3) is 0 Å². The summed E-state index contributed by atoms with van der Waals surface area (Å²) in [5.41, 5.74) is 5.01. The molecule has 3 nitrogen and oxygen atoms in total. The zero-order valence-electron chi connectivity index (χ0n) is 8.71. The first kappa shape index (κ1) is 11.0. The van der Waals surface area contributed by atoms with Gasteiger partial charge in [0.05, 0.1) is 5.60 Å². The third-order valence-corrected chi connectivity index (χ3v) is 3.37. The summed E-state index contributed by atoms with van der Waals surface area (Å²) in [6.07, 6.45) is 3.19. The van der Waals surface area contributed by atoms with Crippen molar-refractivity contribution in [2.24, 2.45) is 11.7 Å². The van der Waals surface area contributed by atoms with Crippen molar-refractivity contribution in [3.8, 4) is 0 Å². The Morgan fingerprint density at radius 3 is 2.77 bits per heavy atom. The van der Waals surface area contributed by atoms with E-state index in [1.807, 2.05) is 6.92 Å². The van der Waals surface area contributed by atoms with Gasteiger partial charge < -0.3 is 16.2 Å². The molecule has 3 heteroatoms. The fraction of sp³-hybridized carbons (Fsp3) is 1.00. The quantitative estimate of drug-likeness (QED) is 0.598. The molecule has 4 N–H and O–H groups in total. The van der Waals surface area contributed by atoms with E-state index in [4.69, 9.17) is 5.73 Å². The molecule has 1 fully saturated rings. The Kier molecular flexibility index (Phi) is 3.71. The predicted octanol–water partition coefficient (Wildman–Crippen LogP) is 0.474. The van der Waals surface area contributed by atoms with E-state index < -0.39 is 5.60 Å². The van der Waals surface area contributed by atoms with Crippen molar-refractivity contribution in [3.05, 3.63) is 0 Å². The first-order valence-corrected chi connectivity index (χ1v) is 5.28. The van der Waals surface area contributed by atoms with Gasteiger partial charge in [0.2, 0.25) is 0 Å². The number of rotatable bonds is 4. The topological polar surface area (TPSA) is 58.3 Å². The van der Waals surface area contributed by atoms with E-state index >= 15 is 0 Å². The van der Waals surface area contributed by atoms with Gasteiger partial charge in [-0.15, -0.1) is 0 Å². The molecule has 3 atom stereocenters. The van der Waals surface area contributed by atoms with E-state index in [2.05, 4.69) is 12.2 Å². The highest BCUT2D eigenvalue weighted by Gasteiger charge is 2.39. The van der Waals surface area contributed by atoms with Crippen LogP contribution in [0.3, 0.4) is 0 Å². The van der Waals surface area contributed by atoms with Crippen LogP contribution in [0.25, 0.3) is 0 Å². The zero-order valence-corrected chi connectivity index (χ0v) is 8.71. The van der Waals surface area contributed by atoms with Crippen LogP contribution < -0.4 is 11.1 Å². The number of nitrogens with two attached hydrogens (primary N) is 1. The molecule has 0 amide bonds. The van der Waals surface area contributed by atoms with Crippen molar-refractivity contribution < 1.29 is 5.11 Å². The predicted molar refractivity (Wildman–Crippen MR) is 54.5 cm³/mol. The van der Waals surface area contributed by atoms with Crippen molar-refractivity contribution in [2.75, 3.05) is 13.1 Å². The largest absolute Gasteiger partial charge is 0.388 e. The average molecular weight is 186 g/mol. The van der Waals surface area contributed by atoms with Crippen LogP contribution in [0.2, 0.25) is 0 Å². The first-order chi connectivity index (χ1) is 6.12. The lowest BCUT2D eigenvalue weighted by molar-refractivity contribution is -0.0281. The number of aliphatic hydroxyl groups is 1. The second-order valence-corrected chi connectivity index (χ2v) is 4.22. The molecule has 0 saturated carbocycles. The lowest BCUT2D eigenvalue weighted by Crippen LogP contribution is -2.52. The minimum atomic E-state index is -0.639. The Labute approximate surface area is 80.7 Å². The van der Waals surface area contributed by atoms with E-state index in [0.717, 1.165) is 19.4 Å². The number of nitrogens with one attached hydrogen (secondary N) is 1. The molecule has 0 spiro atoms. The zero-order chi connectivity index (χ0) is 9.90. The first-order valence-electron chi connectivity index (χ1n) is 5.28. The molecule has 0 aromatic rings. The van der Waals surface area contributed by atoms with Crippen LogP contribution in [0.1, 0.15) is 33.1 Å². The molecular weight excluding hydrogens is 164 g/mol. The average Bonchev–Trinajstić information content (AvgIpc) is 2.58. The van der Waals surface area contributed by atoms with Crippen molar-refractivity contribution in [2.45, 2.75) is 44.8 Å². The molecule has 0 radical (unpaired) electrons. The molecule has 1 aliphatic heterocycles. The summed E-state index contributed by atoms with van der Waals surface area (Å²) in [4.78, 5) is 0. The SMILES string of the molecule is CCC(CN)C(C)(O)C1CCCN1. The van der Waals surface area contributed by atoms with Gasteiger partial charge in [-0.25, -0.2) is 0 Å². The molecular formula is C10H22N2O. The summed E-state index contributed by atoms with van der Waals surface area (Å²) in [6.45, 7) is 5.60. The molecule has 0 aliphatic carbocycles. The van der Waals surface area contributed by atoms with E-state index in [1.165, 1.54) is 6.42 Å². The van der Waals surface area contributed by atoms with Gasteiger partial charge in [0.1, 0.15) is 0 Å². The van der Waals surface area contributed by atoms with E-state index in [0.29, 0.717) is 6.54 Å². The standard InChI is InChI=1S/C10H22N2O/c1-3-8(7-11)10(2,13)9-5-4-6-12-9/h8-9,12-13H,3-7,11H2,1-2H3. The maximum Gasteiger partial charge on any atom is 0.0811 e.